The smallest absolute Gasteiger partial charge is 0.346 e. The average molecular weight is 210 g/mol. The molecule has 76 valence electrons. The van der Waals surface area contributed by atoms with Crippen LogP contribution in [0.5, 0.6) is 0 Å². The fourth-order valence-electron chi connectivity index (χ4n) is 2.31. The molecular formula is C11H14O2S. The first-order valence-corrected chi connectivity index (χ1v) is 5.68. The number of rotatable bonds is 2. The van der Waals surface area contributed by atoms with Gasteiger partial charge in [0.25, 0.3) is 0 Å². The van der Waals surface area contributed by atoms with Crippen LogP contribution in [0.3, 0.4) is 0 Å². The van der Waals surface area contributed by atoms with Gasteiger partial charge in [-0.05, 0) is 41.2 Å². The van der Waals surface area contributed by atoms with Gasteiger partial charge in [0.05, 0.1) is 0 Å². The van der Waals surface area contributed by atoms with Crippen molar-refractivity contribution in [2.45, 2.75) is 32.6 Å². The van der Waals surface area contributed by atoms with E-state index in [0.29, 0.717) is 16.2 Å². The molecule has 0 spiro atoms. The van der Waals surface area contributed by atoms with Gasteiger partial charge < -0.3 is 5.11 Å². The van der Waals surface area contributed by atoms with Crippen molar-refractivity contribution in [3.05, 3.63) is 21.9 Å². The van der Waals surface area contributed by atoms with Crippen LogP contribution in [0.4, 0.5) is 0 Å². The summed E-state index contributed by atoms with van der Waals surface area (Å²) in [7, 11) is 0. The Hall–Kier alpha value is -0.830. The predicted molar refractivity (Wildman–Crippen MR) is 57.0 cm³/mol. The third-order valence-corrected chi connectivity index (χ3v) is 3.85. The number of hydrogen-bond acceptors (Lipinski definition) is 2. The molecule has 1 aromatic rings. The van der Waals surface area contributed by atoms with Crippen molar-refractivity contribution in [1.82, 2.24) is 0 Å². The van der Waals surface area contributed by atoms with E-state index in [4.69, 9.17) is 5.11 Å². The number of aromatic carboxylic acids is 1. The number of thiophene rings is 1. The van der Waals surface area contributed by atoms with Gasteiger partial charge in [0.1, 0.15) is 4.88 Å². The van der Waals surface area contributed by atoms with E-state index in [1.807, 2.05) is 11.4 Å². The van der Waals surface area contributed by atoms with E-state index in [2.05, 4.69) is 13.8 Å². The molecule has 0 amide bonds. The lowest BCUT2D eigenvalue weighted by Gasteiger charge is -2.42. The van der Waals surface area contributed by atoms with Crippen LogP contribution in [0.15, 0.2) is 11.4 Å². The highest BCUT2D eigenvalue weighted by molar-refractivity contribution is 7.12. The minimum Gasteiger partial charge on any atom is -0.477 e. The van der Waals surface area contributed by atoms with Crippen molar-refractivity contribution in [2.24, 2.45) is 5.41 Å². The molecule has 1 heterocycles. The van der Waals surface area contributed by atoms with E-state index in [-0.39, 0.29) is 0 Å². The van der Waals surface area contributed by atoms with E-state index < -0.39 is 5.97 Å². The fraction of sp³-hybridized carbons (Fsp3) is 0.545. The maximum Gasteiger partial charge on any atom is 0.346 e. The Morgan fingerprint density at radius 1 is 1.57 bits per heavy atom. The van der Waals surface area contributed by atoms with Crippen LogP contribution in [0, 0.1) is 5.41 Å². The quantitative estimate of drug-likeness (QED) is 0.812. The van der Waals surface area contributed by atoms with Crippen LogP contribution in [0.2, 0.25) is 0 Å². The molecule has 0 aromatic carbocycles. The highest BCUT2D eigenvalue weighted by Crippen LogP contribution is 2.51. The summed E-state index contributed by atoms with van der Waals surface area (Å²) in [5, 5.41) is 10.8. The second-order valence-electron chi connectivity index (χ2n) is 4.78. The summed E-state index contributed by atoms with van der Waals surface area (Å²) in [6.07, 6.45) is 2.23. The van der Waals surface area contributed by atoms with E-state index in [9.17, 15) is 4.79 Å². The minimum absolute atomic E-state index is 0.405. The monoisotopic (exact) mass is 210 g/mol. The van der Waals surface area contributed by atoms with Gasteiger partial charge in [-0.2, -0.15) is 0 Å². The normalized spacial score (nSPS) is 20.4. The average Bonchev–Trinajstić information content (AvgIpc) is 2.46. The van der Waals surface area contributed by atoms with Gasteiger partial charge in [0.15, 0.2) is 0 Å². The molecule has 0 saturated heterocycles. The molecule has 1 aliphatic carbocycles. The minimum atomic E-state index is -0.778. The SMILES string of the molecule is CC1(C)CC(c2ccsc2C(=O)O)C1. The zero-order valence-corrected chi connectivity index (χ0v) is 9.23. The Bertz CT molecular complexity index is 357. The van der Waals surface area contributed by atoms with Crippen molar-refractivity contribution in [3.63, 3.8) is 0 Å². The van der Waals surface area contributed by atoms with E-state index >= 15 is 0 Å². The predicted octanol–water partition coefficient (Wildman–Crippen LogP) is 3.35. The summed E-state index contributed by atoms with van der Waals surface area (Å²) in [5.41, 5.74) is 1.45. The summed E-state index contributed by atoms with van der Waals surface area (Å²) >= 11 is 1.34. The van der Waals surface area contributed by atoms with E-state index in [1.165, 1.54) is 11.3 Å². The summed E-state index contributed by atoms with van der Waals surface area (Å²) < 4.78 is 0. The van der Waals surface area contributed by atoms with Crippen molar-refractivity contribution in [2.75, 3.05) is 0 Å². The maximum atomic E-state index is 10.9. The second kappa shape index (κ2) is 3.09. The van der Waals surface area contributed by atoms with Crippen molar-refractivity contribution >= 4 is 17.3 Å². The van der Waals surface area contributed by atoms with Gasteiger partial charge in [-0.1, -0.05) is 13.8 Å². The first-order chi connectivity index (χ1) is 6.49. The molecule has 0 radical (unpaired) electrons. The van der Waals surface area contributed by atoms with Crippen molar-refractivity contribution in [1.29, 1.82) is 0 Å². The fourth-order valence-corrected chi connectivity index (χ4v) is 3.13. The molecule has 2 rings (SSSR count). The summed E-state index contributed by atoms with van der Waals surface area (Å²) in [5.74, 6) is -0.304. The molecule has 1 saturated carbocycles. The van der Waals surface area contributed by atoms with Crippen LogP contribution in [-0.2, 0) is 0 Å². The van der Waals surface area contributed by atoms with Gasteiger partial charge in [-0.3, -0.25) is 0 Å². The van der Waals surface area contributed by atoms with Gasteiger partial charge in [0.2, 0.25) is 0 Å². The number of hydrogen-bond donors (Lipinski definition) is 1. The van der Waals surface area contributed by atoms with E-state index in [1.54, 1.807) is 0 Å². The molecule has 1 aromatic heterocycles. The van der Waals surface area contributed by atoms with Gasteiger partial charge >= 0.3 is 5.97 Å². The lowest BCUT2D eigenvalue weighted by molar-refractivity contribution is 0.0696. The number of carboxylic acids is 1. The molecule has 0 aliphatic heterocycles. The molecule has 1 fully saturated rings. The van der Waals surface area contributed by atoms with Crippen LogP contribution < -0.4 is 0 Å². The molecule has 1 aliphatic rings. The molecule has 0 atom stereocenters. The van der Waals surface area contributed by atoms with Crippen LogP contribution in [0.1, 0.15) is 47.8 Å². The highest BCUT2D eigenvalue weighted by atomic mass is 32.1. The lowest BCUT2D eigenvalue weighted by Crippen LogP contribution is -2.30. The van der Waals surface area contributed by atoms with E-state index in [0.717, 1.165) is 18.4 Å². The molecule has 3 heteroatoms. The van der Waals surface area contributed by atoms with Crippen molar-refractivity contribution < 1.29 is 9.90 Å². The van der Waals surface area contributed by atoms with Crippen LogP contribution in [-0.4, -0.2) is 11.1 Å². The topological polar surface area (TPSA) is 37.3 Å². The summed E-state index contributed by atoms with van der Waals surface area (Å²) in [6, 6.07) is 1.97. The third-order valence-electron chi connectivity index (χ3n) is 2.93. The van der Waals surface area contributed by atoms with Crippen molar-refractivity contribution in [3.8, 4) is 0 Å². The Morgan fingerprint density at radius 3 is 2.71 bits per heavy atom. The lowest BCUT2D eigenvalue weighted by atomic mass is 9.62. The zero-order chi connectivity index (χ0) is 10.3. The highest BCUT2D eigenvalue weighted by Gasteiger charge is 2.38. The molecule has 0 unspecified atom stereocenters. The molecule has 2 nitrogen and oxygen atoms in total. The Balaban J connectivity index is 2.18. The van der Waals surface area contributed by atoms with Crippen LogP contribution >= 0.6 is 11.3 Å². The second-order valence-corrected chi connectivity index (χ2v) is 5.70. The summed E-state index contributed by atoms with van der Waals surface area (Å²) in [6.45, 7) is 4.46. The Kier molecular flexibility index (Phi) is 2.14. The first kappa shape index (κ1) is 9.71. The third kappa shape index (κ3) is 1.57. The molecule has 0 bridgehead atoms. The van der Waals surface area contributed by atoms with Gasteiger partial charge in [0, 0.05) is 0 Å². The van der Waals surface area contributed by atoms with Gasteiger partial charge in [-0.25, -0.2) is 4.79 Å². The molecule has 1 N–H and O–H groups in total. The zero-order valence-electron chi connectivity index (χ0n) is 8.41. The largest absolute Gasteiger partial charge is 0.477 e. The van der Waals surface area contributed by atoms with Gasteiger partial charge in [-0.15, -0.1) is 11.3 Å². The summed E-state index contributed by atoms with van der Waals surface area (Å²) in [4.78, 5) is 11.4. The first-order valence-electron chi connectivity index (χ1n) is 4.80. The Morgan fingerprint density at radius 2 is 2.21 bits per heavy atom. The molecular weight excluding hydrogens is 196 g/mol. The standard InChI is InChI=1S/C11H14O2S/c1-11(2)5-7(6-11)8-3-4-14-9(8)10(12)13/h3-4,7H,5-6H2,1-2H3,(H,12,13). The number of carboxylic acid groups (broad SMARTS) is 1. The van der Waals surface area contributed by atoms with Crippen LogP contribution in [0.25, 0.3) is 0 Å². The Labute approximate surface area is 87.6 Å². The number of carbonyl (C=O) groups is 1. The molecule has 14 heavy (non-hydrogen) atoms. The maximum absolute atomic E-state index is 10.9.